The average Bonchev–Trinajstić information content (AvgIpc) is 2.43. The summed E-state index contributed by atoms with van der Waals surface area (Å²) < 4.78 is 1.05. The van der Waals surface area contributed by atoms with Gasteiger partial charge < -0.3 is 10.6 Å². The summed E-state index contributed by atoms with van der Waals surface area (Å²) in [5, 5.41) is 0. The Labute approximate surface area is 136 Å². The van der Waals surface area contributed by atoms with Crippen LogP contribution in [0.25, 0.3) is 0 Å². The van der Waals surface area contributed by atoms with Crippen LogP contribution in [0.2, 0.25) is 0 Å². The van der Waals surface area contributed by atoms with E-state index in [-0.39, 0.29) is 18.3 Å². The third-order valence-corrected chi connectivity index (χ3v) is 4.41. The number of hydrogen-bond acceptors (Lipinski definition) is 2. The molecule has 0 unspecified atom stereocenters. The van der Waals surface area contributed by atoms with Gasteiger partial charge in [-0.2, -0.15) is 0 Å². The lowest BCUT2D eigenvalue weighted by Crippen LogP contribution is -2.45. The molecule has 1 aromatic carbocycles. The summed E-state index contributed by atoms with van der Waals surface area (Å²) in [5.74, 6) is 0.142. The fourth-order valence-corrected chi connectivity index (χ4v) is 2.53. The lowest BCUT2D eigenvalue weighted by atomic mass is 9.81. The lowest BCUT2D eigenvalue weighted by Gasteiger charge is -2.33. The number of hydrogen-bond donors (Lipinski definition) is 1. The van der Waals surface area contributed by atoms with Crippen molar-refractivity contribution in [2.45, 2.75) is 33.2 Å². The molecule has 3 nitrogen and oxygen atoms in total. The first-order valence-corrected chi connectivity index (χ1v) is 7.48. The van der Waals surface area contributed by atoms with E-state index >= 15 is 0 Å². The molecule has 0 aromatic heterocycles. The minimum Gasteiger partial charge on any atom is -0.341 e. The minimum atomic E-state index is -0.413. The first-order chi connectivity index (χ1) is 8.99. The maximum absolute atomic E-state index is 12.6. The van der Waals surface area contributed by atoms with Crippen molar-refractivity contribution in [1.29, 1.82) is 0 Å². The lowest BCUT2D eigenvalue weighted by molar-refractivity contribution is -0.141. The molecule has 2 N–H and O–H groups in total. The molecule has 0 aliphatic heterocycles. The van der Waals surface area contributed by atoms with Crippen LogP contribution in [0.15, 0.2) is 28.7 Å². The highest BCUT2D eigenvalue weighted by molar-refractivity contribution is 9.10. The fourth-order valence-electron chi connectivity index (χ4n) is 2.27. The van der Waals surface area contributed by atoms with Crippen molar-refractivity contribution >= 4 is 34.2 Å². The zero-order valence-corrected chi connectivity index (χ0v) is 14.8. The van der Waals surface area contributed by atoms with Gasteiger partial charge in [-0.15, -0.1) is 12.4 Å². The van der Waals surface area contributed by atoms with Crippen LogP contribution >= 0.6 is 28.3 Å². The highest BCUT2D eigenvalue weighted by Crippen LogP contribution is 2.28. The van der Waals surface area contributed by atoms with Crippen molar-refractivity contribution in [3.8, 4) is 0 Å². The number of nitrogens with two attached hydrogens (primary N) is 1. The van der Waals surface area contributed by atoms with Crippen LogP contribution in [0.1, 0.15) is 32.3 Å². The summed E-state index contributed by atoms with van der Waals surface area (Å²) in [7, 11) is 1.85. The molecule has 0 bridgehead atoms. The normalized spacial score (nSPS) is 10.8. The monoisotopic (exact) mass is 362 g/mol. The molecule has 5 heteroatoms. The number of benzene rings is 1. The van der Waals surface area contributed by atoms with E-state index in [1.807, 2.05) is 45.2 Å². The summed E-state index contributed by atoms with van der Waals surface area (Å²) in [4.78, 5) is 14.3. The Morgan fingerprint density at radius 1 is 1.25 bits per heavy atom. The second-order valence-electron chi connectivity index (χ2n) is 4.98. The van der Waals surface area contributed by atoms with Crippen molar-refractivity contribution in [1.82, 2.24) is 4.90 Å². The molecule has 0 spiro atoms. The number of carbonyl (C=O) groups is 1. The number of rotatable bonds is 6. The van der Waals surface area contributed by atoms with Crippen LogP contribution in [0, 0.1) is 5.41 Å². The molecule has 114 valence electrons. The fraction of sp³-hybridized carbons (Fsp3) is 0.533. The van der Waals surface area contributed by atoms with Gasteiger partial charge in [0.15, 0.2) is 0 Å². The largest absolute Gasteiger partial charge is 0.341 e. The third kappa shape index (κ3) is 4.47. The molecule has 0 atom stereocenters. The van der Waals surface area contributed by atoms with Crippen LogP contribution < -0.4 is 5.73 Å². The van der Waals surface area contributed by atoms with Crippen LogP contribution in [-0.4, -0.2) is 24.4 Å². The Kier molecular flexibility index (Phi) is 8.40. The molecule has 0 radical (unpaired) electrons. The van der Waals surface area contributed by atoms with E-state index in [9.17, 15) is 4.79 Å². The first kappa shape index (κ1) is 19.4. The summed E-state index contributed by atoms with van der Waals surface area (Å²) >= 11 is 3.41. The standard InChI is InChI=1S/C15H23BrN2O.ClH/c1-4-15(5-2,11-17)14(19)18(3)10-12-6-8-13(16)9-7-12;/h6-9H,4-5,10-11,17H2,1-3H3;1H. The Balaban J connectivity index is 0.00000361. The quantitative estimate of drug-likeness (QED) is 0.839. The summed E-state index contributed by atoms with van der Waals surface area (Å²) in [6.07, 6.45) is 1.56. The van der Waals surface area contributed by atoms with E-state index in [1.54, 1.807) is 4.90 Å². The zero-order valence-electron chi connectivity index (χ0n) is 12.4. The molecule has 1 rings (SSSR count). The summed E-state index contributed by atoms with van der Waals surface area (Å²) in [6.45, 7) is 5.08. The van der Waals surface area contributed by atoms with Gasteiger partial charge in [-0.25, -0.2) is 0 Å². The van der Waals surface area contributed by atoms with Gasteiger partial charge in [-0.05, 0) is 30.5 Å². The molecule has 1 amide bonds. The molecule has 20 heavy (non-hydrogen) atoms. The van der Waals surface area contributed by atoms with Gasteiger partial charge >= 0.3 is 0 Å². The van der Waals surface area contributed by atoms with Crippen molar-refractivity contribution in [3.05, 3.63) is 34.3 Å². The molecule has 1 aromatic rings. The first-order valence-electron chi connectivity index (χ1n) is 6.69. The smallest absolute Gasteiger partial charge is 0.230 e. The predicted octanol–water partition coefficient (Wildman–Crippen LogP) is 3.59. The van der Waals surface area contributed by atoms with E-state index in [2.05, 4.69) is 15.9 Å². The van der Waals surface area contributed by atoms with Gasteiger partial charge in [0.05, 0.1) is 5.41 Å². The van der Waals surface area contributed by atoms with Gasteiger partial charge in [0.1, 0.15) is 0 Å². The maximum Gasteiger partial charge on any atom is 0.230 e. The van der Waals surface area contributed by atoms with Crippen LogP contribution in [0.4, 0.5) is 0 Å². The second-order valence-corrected chi connectivity index (χ2v) is 5.89. The van der Waals surface area contributed by atoms with Crippen molar-refractivity contribution in [3.63, 3.8) is 0 Å². The summed E-state index contributed by atoms with van der Waals surface area (Å²) in [6, 6.07) is 8.03. The predicted molar refractivity (Wildman–Crippen MR) is 89.9 cm³/mol. The molecule has 0 heterocycles. The highest BCUT2D eigenvalue weighted by Gasteiger charge is 2.35. The molecular weight excluding hydrogens is 340 g/mol. The van der Waals surface area contributed by atoms with E-state index in [0.29, 0.717) is 13.1 Å². The van der Waals surface area contributed by atoms with Crippen molar-refractivity contribution < 1.29 is 4.79 Å². The van der Waals surface area contributed by atoms with Crippen molar-refractivity contribution in [2.24, 2.45) is 11.1 Å². The number of carbonyl (C=O) groups excluding carboxylic acids is 1. The molecule has 0 aliphatic rings. The highest BCUT2D eigenvalue weighted by atomic mass is 79.9. The molecule has 0 saturated heterocycles. The second kappa shape index (κ2) is 8.65. The van der Waals surface area contributed by atoms with Gasteiger partial charge in [-0.3, -0.25) is 4.79 Å². The van der Waals surface area contributed by atoms with Gasteiger partial charge in [-0.1, -0.05) is 41.9 Å². The molecule has 0 aliphatic carbocycles. The van der Waals surface area contributed by atoms with E-state index in [1.165, 1.54) is 0 Å². The van der Waals surface area contributed by atoms with E-state index in [0.717, 1.165) is 22.9 Å². The van der Waals surface area contributed by atoms with E-state index in [4.69, 9.17) is 5.73 Å². The molecular formula is C15H24BrClN2O. The van der Waals surface area contributed by atoms with Gasteiger partial charge in [0.25, 0.3) is 0 Å². The average molecular weight is 364 g/mol. The van der Waals surface area contributed by atoms with Crippen molar-refractivity contribution in [2.75, 3.05) is 13.6 Å². The number of nitrogens with zero attached hydrogens (tertiary/aromatic N) is 1. The topological polar surface area (TPSA) is 46.3 Å². The Morgan fingerprint density at radius 3 is 2.15 bits per heavy atom. The van der Waals surface area contributed by atoms with Gasteiger partial charge in [0, 0.05) is 24.6 Å². The number of amides is 1. The van der Waals surface area contributed by atoms with Crippen LogP contribution in [-0.2, 0) is 11.3 Å². The van der Waals surface area contributed by atoms with Gasteiger partial charge in [0.2, 0.25) is 5.91 Å². The minimum absolute atomic E-state index is 0. The maximum atomic E-state index is 12.6. The van der Waals surface area contributed by atoms with Crippen LogP contribution in [0.5, 0.6) is 0 Å². The van der Waals surface area contributed by atoms with Crippen LogP contribution in [0.3, 0.4) is 0 Å². The Morgan fingerprint density at radius 2 is 1.75 bits per heavy atom. The molecule has 0 fully saturated rings. The zero-order chi connectivity index (χ0) is 14.5. The third-order valence-electron chi connectivity index (χ3n) is 3.88. The SMILES string of the molecule is CCC(CC)(CN)C(=O)N(C)Cc1ccc(Br)cc1.Cl. The molecule has 0 saturated carbocycles. The number of halogens is 2. The Hall–Kier alpha value is -0.580. The Bertz CT molecular complexity index is 410. The summed E-state index contributed by atoms with van der Waals surface area (Å²) in [5.41, 5.74) is 6.54. The van der Waals surface area contributed by atoms with E-state index < -0.39 is 5.41 Å².